The highest BCUT2D eigenvalue weighted by Crippen LogP contribution is 2.34. The third kappa shape index (κ3) is 2.37. The number of amides is 1. The van der Waals surface area contributed by atoms with Gasteiger partial charge in [0.15, 0.2) is 0 Å². The van der Waals surface area contributed by atoms with Crippen molar-refractivity contribution in [2.45, 2.75) is 34.1 Å². The van der Waals surface area contributed by atoms with Crippen LogP contribution in [0.25, 0.3) is 5.57 Å². The standard InChI is InChI=1S/C16H19NO/c1-10(2)5-6-12-7-8-13-14(9-12)17-16(18)15(13)11(3)4/h5,7-9H,6H2,1-4H3,(H,17,18). The van der Waals surface area contributed by atoms with E-state index < -0.39 is 0 Å². The maximum Gasteiger partial charge on any atom is 0.256 e. The number of nitrogens with one attached hydrogen (secondary N) is 1. The Balaban J connectivity index is 2.37. The molecule has 0 aromatic heterocycles. The fourth-order valence-corrected chi connectivity index (χ4v) is 2.17. The lowest BCUT2D eigenvalue weighted by molar-refractivity contribution is -0.110. The van der Waals surface area contributed by atoms with E-state index in [1.807, 2.05) is 19.9 Å². The predicted molar refractivity (Wildman–Crippen MR) is 76.5 cm³/mol. The molecule has 0 fully saturated rings. The molecule has 2 heteroatoms. The number of hydrogen-bond acceptors (Lipinski definition) is 1. The van der Waals surface area contributed by atoms with Gasteiger partial charge in [0.2, 0.25) is 0 Å². The van der Waals surface area contributed by atoms with Crippen molar-refractivity contribution in [2.24, 2.45) is 0 Å². The second kappa shape index (κ2) is 4.81. The average Bonchev–Trinajstić information content (AvgIpc) is 2.61. The van der Waals surface area contributed by atoms with E-state index in [9.17, 15) is 4.79 Å². The quantitative estimate of drug-likeness (QED) is 0.616. The molecule has 2 nitrogen and oxygen atoms in total. The molecule has 0 atom stereocenters. The van der Waals surface area contributed by atoms with E-state index in [4.69, 9.17) is 0 Å². The van der Waals surface area contributed by atoms with Crippen LogP contribution in [0.5, 0.6) is 0 Å². The summed E-state index contributed by atoms with van der Waals surface area (Å²) in [6.45, 7) is 8.13. The molecule has 0 spiro atoms. The molecule has 0 unspecified atom stereocenters. The summed E-state index contributed by atoms with van der Waals surface area (Å²) in [6, 6.07) is 6.22. The van der Waals surface area contributed by atoms with Crippen molar-refractivity contribution >= 4 is 17.2 Å². The Labute approximate surface area is 108 Å². The van der Waals surface area contributed by atoms with Gasteiger partial charge in [-0.05, 0) is 45.7 Å². The highest BCUT2D eigenvalue weighted by Gasteiger charge is 2.24. The largest absolute Gasteiger partial charge is 0.321 e. The lowest BCUT2D eigenvalue weighted by Crippen LogP contribution is -2.04. The third-order valence-electron chi connectivity index (χ3n) is 3.07. The summed E-state index contributed by atoms with van der Waals surface area (Å²) in [5.41, 5.74) is 6.38. The molecule has 1 aliphatic rings. The molecule has 0 radical (unpaired) electrons. The van der Waals surface area contributed by atoms with Crippen LogP contribution in [0.2, 0.25) is 0 Å². The molecule has 2 rings (SSSR count). The molecule has 0 aliphatic carbocycles. The molecule has 1 aromatic rings. The Morgan fingerprint density at radius 3 is 2.56 bits per heavy atom. The summed E-state index contributed by atoms with van der Waals surface area (Å²) in [4.78, 5) is 11.9. The number of carbonyl (C=O) groups is 1. The Morgan fingerprint density at radius 2 is 1.94 bits per heavy atom. The zero-order valence-electron chi connectivity index (χ0n) is 11.4. The van der Waals surface area contributed by atoms with Crippen molar-refractivity contribution < 1.29 is 4.79 Å². The van der Waals surface area contributed by atoms with Crippen LogP contribution in [0.15, 0.2) is 35.4 Å². The predicted octanol–water partition coefficient (Wildman–Crippen LogP) is 3.94. The second-order valence-electron chi connectivity index (χ2n) is 5.19. The van der Waals surface area contributed by atoms with Crippen LogP contribution in [-0.4, -0.2) is 5.91 Å². The van der Waals surface area contributed by atoms with Crippen molar-refractivity contribution in [3.8, 4) is 0 Å². The molecule has 18 heavy (non-hydrogen) atoms. The minimum atomic E-state index is 0.0179. The van der Waals surface area contributed by atoms with Gasteiger partial charge in [-0.25, -0.2) is 0 Å². The molecular formula is C16H19NO. The lowest BCUT2D eigenvalue weighted by atomic mass is 10.0. The SMILES string of the molecule is CC(C)=CCc1ccc2c(c1)NC(=O)C2=C(C)C. The third-order valence-corrected chi connectivity index (χ3v) is 3.07. The van der Waals surface area contributed by atoms with Crippen LogP contribution >= 0.6 is 0 Å². The Bertz CT molecular complexity index is 556. The van der Waals surface area contributed by atoms with E-state index in [1.165, 1.54) is 11.1 Å². The van der Waals surface area contributed by atoms with Crippen LogP contribution in [0.3, 0.4) is 0 Å². The van der Waals surface area contributed by atoms with Gasteiger partial charge in [0, 0.05) is 16.8 Å². The number of fused-ring (bicyclic) bond motifs is 1. The molecule has 1 heterocycles. The van der Waals surface area contributed by atoms with Gasteiger partial charge in [-0.1, -0.05) is 29.4 Å². The number of rotatable bonds is 2. The van der Waals surface area contributed by atoms with E-state index in [0.29, 0.717) is 0 Å². The van der Waals surface area contributed by atoms with E-state index in [2.05, 4.69) is 37.4 Å². The minimum absolute atomic E-state index is 0.0179. The van der Waals surface area contributed by atoms with Crippen LogP contribution < -0.4 is 5.32 Å². The van der Waals surface area contributed by atoms with Crippen LogP contribution in [0.4, 0.5) is 5.69 Å². The highest BCUT2D eigenvalue weighted by atomic mass is 16.2. The van der Waals surface area contributed by atoms with Gasteiger partial charge in [-0.3, -0.25) is 4.79 Å². The van der Waals surface area contributed by atoms with E-state index >= 15 is 0 Å². The molecule has 0 bridgehead atoms. The molecule has 1 aromatic carbocycles. The van der Waals surface area contributed by atoms with Crippen molar-refractivity contribution in [1.82, 2.24) is 0 Å². The van der Waals surface area contributed by atoms with Gasteiger partial charge in [-0.2, -0.15) is 0 Å². The minimum Gasteiger partial charge on any atom is -0.321 e. The molecule has 1 amide bonds. The maximum absolute atomic E-state index is 11.9. The summed E-state index contributed by atoms with van der Waals surface area (Å²) in [6.07, 6.45) is 3.11. The smallest absolute Gasteiger partial charge is 0.256 e. The first kappa shape index (κ1) is 12.6. The number of benzene rings is 1. The molecular weight excluding hydrogens is 222 g/mol. The lowest BCUT2D eigenvalue weighted by Gasteiger charge is -2.03. The maximum atomic E-state index is 11.9. The molecule has 0 saturated heterocycles. The zero-order chi connectivity index (χ0) is 13.3. The molecule has 1 aliphatic heterocycles. The van der Waals surface area contributed by atoms with Crippen molar-refractivity contribution in [3.63, 3.8) is 0 Å². The monoisotopic (exact) mass is 241 g/mol. The van der Waals surface area contributed by atoms with Crippen molar-refractivity contribution in [2.75, 3.05) is 5.32 Å². The van der Waals surface area contributed by atoms with Gasteiger partial charge >= 0.3 is 0 Å². The molecule has 0 saturated carbocycles. The summed E-state index contributed by atoms with van der Waals surface area (Å²) in [7, 11) is 0. The number of hydrogen-bond donors (Lipinski definition) is 1. The van der Waals surface area contributed by atoms with Gasteiger partial charge in [-0.15, -0.1) is 0 Å². The topological polar surface area (TPSA) is 29.1 Å². The zero-order valence-corrected chi connectivity index (χ0v) is 11.4. The summed E-state index contributed by atoms with van der Waals surface area (Å²) in [5.74, 6) is 0.0179. The average molecular weight is 241 g/mol. The fourth-order valence-electron chi connectivity index (χ4n) is 2.17. The summed E-state index contributed by atoms with van der Waals surface area (Å²) < 4.78 is 0. The van der Waals surface area contributed by atoms with E-state index in [0.717, 1.165) is 28.8 Å². The van der Waals surface area contributed by atoms with Crippen LogP contribution in [0.1, 0.15) is 38.8 Å². The first-order chi connectivity index (χ1) is 8.49. The van der Waals surface area contributed by atoms with E-state index in [-0.39, 0.29) is 5.91 Å². The highest BCUT2D eigenvalue weighted by molar-refractivity contribution is 6.32. The number of allylic oxidation sites excluding steroid dienone is 3. The van der Waals surface area contributed by atoms with Gasteiger partial charge < -0.3 is 5.32 Å². The summed E-state index contributed by atoms with van der Waals surface area (Å²) in [5, 5.41) is 2.94. The number of carbonyl (C=O) groups excluding carboxylic acids is 1. The van der Waals surface area contributed by atoms with Crippen molar-refractivity contribution in [1.29, 1.82) is 0 Å². The second-order valence-corrected chi connectivity index (χ2v) is 5.19. The van der Waals surface area contributed by atoms with Crippen LogP contribution in [-0.2, 0) is 11.2 Å². The van der Waals surface area contributed by atoms with Gasteiger partial charge in [0.1, 0.15) is 0 Å². The Kier molecular flexibility index (Phi) is 3.37. The Hall–Kier alpha value is -1.83. The van der Waals surface area contributed by atoms with Crippen molar-refractivity contribution in [3.05, 3.63) is 46.5 Å². The fraction of sp³-hybridized carbons (Fsp3) is 0.312. The van der Waals surface area contributed by atoms with Crippen LogP contribution in [0, 0.1) is 0 Å². The van der Waals surface area contributed by atoms with Gasteiger partial charge in [0.05, 0.1) is 0 Å². The van der Waals surface area contributed by atoms with E-state index in [1.54, 1.807) is 0 Å². The normalized spacial score (nSPS) is 13.1. The molecule has 94 valence electrons. The number of anilines is 1. The Morgan fingerprint density at radius 1 is 1.22 bits per heavy atom. The first-order valence-corrected chi connectivity index (χ1v) is 6.24. The summed E-state index contributed by atoms with van der Waals surface area (Å²) >= 11 is 0. The first-order valence-electron chi connectivity index (χ1n) is 6.24. The van der Waals surface area contributed by atoms with Gasteiger partial charge in [0.25, 0.3) is 5.91 Å². The molecule has 1 N–H and O–H groups in total.